The SMILES string of the molecule is c1ccc(-c2ccc(/C3=N/c4ccccc4/C(c4ccc(-c5ccccn5)nc4)=N\c4ccccc43)cn2)nc1. The van der Waals surface area contributed by atoms with E-state index in [2.05, 4.69) is 22.1 Å². The number of fused-ring (bicyclic) bond motifs is 2. The van der Waals surface area contributed by atoms with Crippen LogP contribution in [0.2, 0.25) is 0 Å². The van der Waals surface area contributed by atoms with Crippen molar-refractivity contribution in [2.45, 2.75) is 0 Å². The molecule has 6 heteroatoms. The normalized spacial score (nSPS) is 14.9. The highest BCUT2D eigenvalue weighted by Gasteiger charge is 2.20. The van der Waals surface area contributed by atoms with Crippen molar-refractivity contribution in [1.82, 2.24) is 19.9 Å². The molecule has 1 aliphatic heterocycles. The average Bonchev–Trinajstić information content (AvgIpc) is 3.03. The molecule has 0 atom stereocenters. The van der Waals surface area contributed by atoms with Crippen LogP contribution in [0, 0.1) is 0 Å². The van der Waals surface area contributed by atoms with Gasteiger partial charge in [0.1, 0.15) is 0 Å². The first-order valence-corrected chi connectivity index (χ1v) is 13.0. The summed E-state index contributed by atoms with van der Waals surface area (Å²) >= 11 is 0. The molecule has 6 aromatic rings. The molecule has 5 heterocycles. The van der Waals surface area contributed by atoms with Crippen LogP contribution in [-0.4, -0.2) is 31.4 Å². The summed E-state index contributed by atoms with van der Waals surface area (Å²) in [5, 5.41) is 0. The van der Waals surface area contributed by atoms with Crippen LogP contribution in [0.5, 0.6) is 0 Å². The molecule has 0 aliphatic carbocycles. The van der Waals surface area contributed by atoms with Gasteiger partial charge in [0.05, 0.1) is 45.6 Å². The Morgan fingerprint density at radius 1 is 0.350 bits per heavy atom. The van der Waals surface area contributed by atoms with Gasteiger partial charge in [0.15, 0.2) is 0 Å². The van der Waals surface area contributed by atoms with E-state index in [0.29, 0.717) is 0 Å². The molecular formula is C34H22N6. The zero-order valence-corrected chi connectivity index (χ0v) is 21.4. The topological polar surface area (TPSA) is 76.3 Å². The first kappa shape index (κ1) is 23.5. The van der Waals surface area contributed by atoms with Crippen LogP contribution in [0.1, 0.15) is 22.3 Å². The zero-order valence-electron chi connectivity index (χ0n) is 21.4. The molecule has 0 unspecified atom stereocenters. The van der Waals surface area contributed by atoms with E-state index in [1.165, 1.54) is 0 Å². The second kappa shape index (κ2) is 10.3. The Labute approximate surface area is 231 Å². The molecule has 40 heavy (non-hydrogen) atoms. The lowest BCUT2D eigenvalue weighted by Crippen LogP contribution is -2.10. The van der Waals surface area contributed by atoms with Crippen LogP contribution < -0.4 is 0 Å². The quantitative estimate of drug-likeness (QED) is 0.248. The van der Waals surface area contributed by atoms with Crippen LogP contribution in [-0.2, 0) is 0 Å². The Balaban J connectivity index is 1.34. The molecule has 2 aromatic carbocycles. The highest BCUT2D eigenvalue weighted by molar-refractivity contribution is 6.22. The average molecular weight is 515 g/mol. The Hall–Kier alpha value is -5.62. The van der Waals surface area contributed by atoms with E-state index in [1.807, 2.05) is 109 Å². The number of aromatic nitrogens is 4. The summed E-state index contributed by atoms with van der Waals surface area (Å²) in [5.41, 5.74) is 10.2. The molecule has 7 rings (SSSR count). The Kier molecular flexibility index (Phi) is 6.03. The van der Waals surface area contributed by atoms with Crippen LogP contribution in [0.4, 0.5) is 11.4 Å². The number of nitrogens with zero attached hydrogens (tertiary/aromatic N) is 6. The fourth-order valence-electron chi connectivity index (χ4n) is 4.74. The van der Waals surface area contributed by atoms with Gasteiger partial charge >= 0.3 is 0 Å². The Morgan fingerprint density at radius 3 is 1.18 bits per heavy atom. The smallest absolute Gasteiger partial charge is 0.0886 e. The van der Waals surface area contributed by atoms with Gasteiger partial charge in [-0.25, -0.2) is 9.98 Å². The molecule has 0 radical (unpaired) electrons. The zero-order chi connectivity index (χ0) is 26.7. The standard InChI is InChI=1S/C34H22N6/c1-3-11-27-25(9-1)33(23-15-17-31(37-21-23)29-13-5-7-19-35-29)40-28-12-4-2-10-26(28)34(39-27)24-16-18-32(38-22-24)30-14-6-8-20-36-30/h1-22H/b33-25?,34-26?,39-27?,39-34-,40-28?,40-33-. The first-order valence-electron chi connectivity index (χ1n) is 13.0. The van der Waals surface area contributed by atoms with E-state index >= 15 is 0 Å². The van der Waals surface area contributed by atoms with Gasteiger partial charge in [-0.05, 0) is 60.7 Å². The van der Waals surface area contributed by atoms with Gasteiger partial charge in [0, 0.05) is 47.0 Å². The second-order valence-electron chi connectivity index (χ2n) is 9.25. The van der Waals surface area contributed by atoms with Crippen molar-refractivity contribution in [3.8, 4) is 22.8 Å². The van der Waals surface area contributed by atoms with E-state index in [9.17, 15) is 0 Å². The largest absolute Gasteiger partial charge is 0.255 e. The molecule has 0 saturated heterocycles. The number of para-hydroxylation sites is 2. The summed E-state index contributed by atoms with van der Waals surface area (Å²) < 4.78 is 0. The molecule has 4 aromatic heterocycles. The molecule has 0 fully saturated rings. The summed E-state index contributed by atoms with van der Waals surface area (Å²) in [6.07, 6.45) is 7.26. The van der Waals surface area contributed by atoms with Gasteiger partial charge in [-0.1, -0.05) is 48.5 Å². The maximum absolute atomic E-state index is 5.20. The predicted octanol–water partition coefficient (Wildman–Crippen LogP) is 7.25. The van der Waals surface area contributed by atoms with Crippen molar-refractivity contribution in [2.75, 3.05) is 0 Å². The number of hydrogen-bond donors (Lipinski definition) is 0. The third-order valence-electron chi connectivity index (χ3n) is 6.71. The fourth-order valence-corrected chi connectivity index (χ4v) is 4.74. The highest BCUT2D eigenvalue weighted by atomic mass is 14.8. The van der Waals surface area contributed by atoms with Gasteiger partial charge < -0.3 is 0 Å². The third-order valence-corrected chi connectivity index (χ3v) is 6.71. The molecule has 0 N–H and O–H groups in total. The van der Waals surface area contributed by atoms with Crippen molar-refractivity contribution in [2.24, 2.45) is 9.98 Å². The minimum atomic E-state index is 0.812. The summed E-state index contributed by atoms with van der Waals surface area (Å²) in [5.74, 6) is 0. The van der Waals surface area contributed by atoms with Crippen LogP contribution in [0.25, 0.3) is 22.8 Å². The molecule has 188 valence electrons. The monoisotopic (exact) mass is 514 g/mol. The summed E-state index contributed by atoms with van der Waals surface area (Å²) in [4.78, 5) is 28.7. The van der Waals surface area contributed by atoms with Crippen LogP contribution in [0.3, 0.4) is 0 Å². The molecule has 0 amide bonds. The fraction of sp³-hybridized carbons (Fsp3) is 0. The van der Waals surface area contributed by atoms with E-state index in [4.69, 9.17) is 20.0 Å². The molecule has 6 nitrogen and oxygen atoms in total. The van der Waals surface area contributed by atoms with Crippen LogP contribution in [0.15, 0.2) is 144 Å². The van der Waals surface area contributed by atoms with E-state index in [-0.39, 0.29) is 0 Å². The van der Waals surface area contributed by atoms with Crippen molar-refractivity contribution in [3.63, 3.8) is 0 Å². The lowest BCUT2D eigenvalue weighted by molar-refractivity contribution is 1.24. The molecule has 0 spiro atoms. The first-order chi connectivity index (χ1) is 19.8. The predicted molar refractivity (Wildman–Crippen MR) is 158 cm³/mol. The number of aliphatic imine (C=N–C) groups is 2. The maximum atomic E-state index is 5.20. The third kappa shape index (κ3) is 4.48. The van der Waals surface area contributed by atoms with Gasteiger partial charge in [0.25, 0.3) is 0 Å². The van der Waals surface area contributed by atoms with Crippen LogP contribution >= 0.6 is 0 Å². The highest BCUT2D eigenvalue weighted by Crippen LogP contribution is 2.33. The number of benzene rings is 2. The van der Waals surface area contributed by atoms with E-state index < -0.39 is 0 Å². The minimum absolute atomic E-state index is 0.812. The molecular weight excluding hydrogens is 492 g/mol. The molecule has 0 saturated carbocycles. The maximum Gasteiger partial charge on any atom is 0.0886 e. The Bertz CT molecular complexity index is 1720. The minimum Gasteiger partial charge on any atom is -0.255 e. The number of pyridine rings is 4. The summed E-state index contributed by atoms with van der Waals surface area (Å²) in [7, 11) is 0. The second-order valence-corrected chi connectivity index (χ2v) is 9.25. The lowest BCUT2D eigenvalue weighted by Gasteiger charge is -2.18. The van der Waals surface area contributed by atoms with Crippen molar-refractivity contribution < 1.29 is 0 Å². The summed E-state index contributed by atoms with van der Waals surface area (Å²) in [6.45, 7) is 0. The van der Waals surface area contributed by atoms with Gasteiger partial charge in [-0.3, -0.25) is 19.9 Å². The van der Waals surface area contributed by atoms with Gasteiger partial charge in [0.2, 0.25) is 0 Å². The lowest BCUT2D eigenvalue weighted by atomic mass is 9.97. The van der Waals surface area contributed by atoms with Crippen molar-refractivity contribution in [1.29, 1.82) is 0 Å². The van der Waals surface area contributed by atoms with Crippen molar-refractivity contribution in [3.05, 3.63) is 156 Å². The van der Waals surface area contributed by atoms with Gasteiger partial charge in [-0.2, -0.15) is 0 Å². The molecule has 1 aliphatic rings. The summed E-state index contributed by atoms with van der Waals surface area (Å²) in [6, 6.07) is 35.8. The Morgan fingerprint density at radius 2 is 0.775 bits per heavy atom. The van der Waals surface area contributed by atoms with E-state index in [0.717, 1.165) is 67.8 Å². The number of rotatable bonds is 4. The van der Waals surface area contributed by atoms with E-state index in [1.54, 1.807) is 12.4 Å². The van der Waals surface area contributed by atoms with Crippen molar-refractivity contribution >= 4 is 22.8 Å². The molecule has 0 bridgehead atoms. The number of hydrogen-bond acceptors (Lipinski definition) is 6. The van der Waals surface area contributed by atoms with Gasteiger partial charge in [-0.15, -0.1) is 0 Å².